The molecule has 1 amide bonds. The lowest BCUT2D eigenvalue weighted by Crippen LogP contribution is -2.56. The van der Waals surface area contributed by atoms with Crippen LogP contribution in [0.2, 0.25) is 0 Å². The summed E-state index contributed by atoms with van der Waals surface area (Å²) < 4.78 is 0. The highest BCUT2D eigenvalue weighted by atomic mass is 32.1. The molecule has 1 fully saturated rings. The summed E-state index contributed by atoms with van der Waals surface area (Å²) in [6.07, 6.45) is 3.65. The lowest BCUT2D eigenvalue weighted by molar-refractivity contribution is -0.139. The molecule has 3 N–H and O–H groups in total. The molecule has 1 saturated heterocycles. The van der Waals surface area contributed by atoms with Crippen molar-refractivity contribution in [2.24, 2.45) is 0 Å². The number of carbonyl (C=O) groups excluding carboxylic acids is 1. The van der Waals surface area contributed by atoms with Gasteiger partial charge in [0, 0.05) is 29.9 Å². The van der Waals surface area contributed by atoms with Crippen LogP contribution in [0.15, 0.2) is 17.5 Å². The number of carbonyl (C=O) groups is 1. The maximum Gasteiger partial charge on any atom is 0.237 e. The van der Waals surface area contributed by atoms with Gasteiger partial charge in [0.05, 0.1) is 11.9 Å². The number of hydrogen-bond donors (Lipinski definition) is 3. The van der Waals surface area contributed by atoms with Gasteiger partial charge in [0.25, 0.3) is 0 Å². The summed E-state index contributed by atoms with van der Waals surface area (Å²) in [4.78, 5) is 27.6. The van der Waals surface area contributed by atoms with Crippen molar-refractivity contribution in [1.29, 1.82) is 0 Å². The molecule has 0 saturated carbocycles. The molecule has 178 valence electrons. The molecule has 3 atom stereocenters. The third-order valence-corrected chi connectivity index (χ3v) is 7.00. The third-order valence-electron chi connectivity index (χ3n) is 6.19. The first-order valence-electron chi connectivity index (χ1n) is 11.6. The topological polar surface area (TPSA) is 102 Å². The molecule has 0 aliphatic carbocycles. The van der Waals surface area contributed by atoms with Gasteiger partial charge in [0.1, 0.15) is 10.6 Å². The molecule has 3 aromatic heterocycles. The summed E-state index contributed by atoms with van der Waals surface area (Å²) in [5, 5.41) is 17.2. The quantitative estimate of drug-likeness (QED) is 0.457. The van der Waals surface area contributed by atoms with E-state index in [9.17, 15) is 4.79 Å². The van der Waals surface area contributed by atoms with Gasteiger partial charge in [-0.3, -0.25) is 9.89 Å². The van der Waals surface area contributed by atoms with E-state index in [0.717, 1.165) is 53.2 Å². The molecule has 0 bridgehead atoms. The van der Waals surface area contributed by atoms with Gasteiger partial charge in [-0.05, 0) is 58.1 Å². The molecular formula is C23H34N8OS. The van der Waals surface area contributed by atoms with Crippen LogP contribution in [0.3, 0.4) is 0 Å². The van der Waals surface area contributed by atoms with Crippen LogP contribution < -0.4 is 10.6 Å². The number of aryl methyl sites for hydroxylation is 1. The standard InChI is InChI=1S/C23H34N8OS/c1-6-16-11-15(12-17(7-2)31(16)20(32)13-30(4)5)24-23-26-21(18-8-9-33-22(18)27-23)25-19-10-14(3)28-29-19/h8-10,15-17H,6-7,11-13H2,1-5H3,(H3,24,25,26,27,28,29)/t15?,16-,17+. The number of likely N-dealkylation sites (N-methyl/N-ethyl adjacent to an activating group) is 1. The Morgan fingerprint density at radius 2 is 1.97 bits per heavy atom. The summed E-state index contributed by atoms with van der Waals surface area (Å²) in [5.74, 6) is 2.30. The summed E-state index contributed by atoms with van der Waals surface area (Å²) in [6.45, 7) is 6.75. The molecule has 4 heterocycles. The zero-order chi connectivity index (χ0) is 23.5. The first kappa shape index (κ1) is 23.4. The van der Waals surface area contributed by atoms with Crippen molar-refractivity contribution in [3.8, 4) is 0 Å². The molecular weight excluding hydrogens is 436 g/mol. The van der Waals surface area contributed by atoms with Gasteiger partial charge < -0.3 is 20.4 Å². The SMILES string of the molecule is CC[C@@H]1CC(Nc2nc(Nc3cc(C)[nH]n3)c3ccsc3n2)C[C@H](CC)N1C(=O)CN(C)C. The number of nitrogens with one attached hydrogen (secondary N) is 3. The van der Waals surface area contributed by atoms with E-state index >= 15 is 0 Å². The molecule has 4 rings (SSSR count). The Bertz CT molecular complexity index is 1080. The van der Waals surface area contributed by atoms with Crippen molar-refractivity contribution < 1.29 is 4.79 Å². The first-order chi connectivity index (χ1) is 15.9. The Kier molecular flexibility index (Phi) is 7.14. The number of H-pyrrole nitrogens is 1. The Hall–Kier alpha value is -2.72. The molecule has 10 heteroatoms. The van der Waals surface area contributed by atoms with E-state index in [1.54, 1.807) is 11.3 Å². The molecule has 9 nitrogen and oxygen atoms in total. The number of nitrogens with zero attached hydrogens (tertiary/aromatic N) is 5. The minimum atomic E-state index is 0.209. The van der Waals surface area contributed by atoms with Crippen molar-refractivity contribution >= 4 is 45.0 Å². The Labute approximate surface area is 199 Å². The monoisotopic (exact) mass is 470 g/mol. The number of piperidine rings is 1. The number of aromatic nitrogens is 4. The minimum absolute atomic E-state index is 0.209. The highest BCUT2D eigenvalue weighted by Gasteiger charge is 2.37. The van der Waals surface area contributed by atoms with Crippen LogP contribution in [-0.2, 0) is 4.79 Å². The highest BCUT2D eigenvalue weighted by Crippen LogP contribution is 2.32. The van der Waals surface area contributed by atoms with Crippen molar-refractivity contribution in [3.63, 3.8) is 0 Å². The van der Waals surface area contributed by atoms with E-state index in [4.69, 9.17) is 9.97 Å². The van der Waals surface area contributed by atoms with Gasteiger partial charge in [0.15, 0.2) is 5.82 Å². The van der Waals surface area contributed by atoms with Crippen LogP contribution in [0.1, 0.15) is 45.2 Å². The maximum atomic E-state index is 13.0. The molecule has 1 aliphatic rings. The van der Waals surface area contributed by atoms with Gasteiger partial charge in [-0.15, -0.1) is 11.3 Å². The van der Waals surface area contributed by atoms with E-state index in [1.165, 1.54) is 0 Å². The number of anilines is 3. The fourth-order valence-electron chi connectivity index (χ4n) is 4.68. The number of amides is 1. The van der Waals surface area contributed by atoms with Crippen molar-refractivity contribution in [2.45, 2.75) is 64.6 Å². The van der Waals surface area contributed by atoms with Gasteiger partial charge in [-0.1, -0.05) is 13.8 Å². The number of hydrogen-bond acceptors (Lipinski definition) is 8. The highest BCUT2D eigenvalue weighted by molar-refractivity contribution is 7.16. The third kappa shape index (κ3) is 5.27. The van der Waals surface area contributed by atoms with E-state index in [2.05, 4.69) is 39.6 Å². The second-order valence-electron chi connectivity index (χ2n) is 9.07. The van der Waals surface area contributed by atoms with Crippen molar-refractivity contribution in [3.05, 3.63) is 23.2 Å². The van der Waals surface area contributed by atoms with E-state index < -0.39 is 0 Å². The fourth-order valence-corrected chi connectivity index (χ4v) is 5.45. The van der Waals surface area contributed by atoms with Gasteiger partial charge in [0.2, 0.25) is 11.9 Å². The Balaban J connectivity index is 1.55. The molecule has 3 aromatic rings. The summed E-state index contributed by atoms with van der Waals surface area (Å²) >= 11 is 1.60. The summed E-state index contributed by atoms with van der Waals surface area (Å²) in [5.41, 5.74) is 0.984. The number of likely N-dealkylation sites (tertiary alicyclic amines) is 1. The summed E-state index contributed by atoms with van der Waals surface area (Å²) in [7, 11) is 3.89. The van der Waals surface area contributed by atoms with Crippen LogP contribution >= 0.6 is 11.3 Å². The van der Waals surface area contributed by atoms with E-state index in [0.29, 0.717) is 12.5 Å². The maximum absolute atomic E-state index is 13.0. The predicted molar refractivity (Wildman–Crippen MR) is 134 cm³/mol. The Morgan fingerprint density at radius 1 is 1.24 bits per heavy atom. The van der Waals surface area contributed by atoms with E-state index in [1.807, 2.05) is 43.4 Å². The lowest BCUT2D eigenvalue weighted by Gasteiger charge is -2.45. The first-order valence-corrected chi connectivity index (χ1v) is 12.5. The van der Waals surface area contributed by atoms with Crippen LogP contribution in [0.5, 0.6) is 0 Å². The number of fused-ring (bicyclic) bond motifs is 1. The molecule has 0 spiro atoms. The van der Waals surface area contributed by atoms with Crippen LogP contribution in [0.25, 0.3) is 10.2 Å². The molecule has 0 aromatic carbocycles. The predicted octanol–water partition coefficient (Wildman–Crippen LogP) is 3.99. The van der Waals surface area contributed by atoms with Crippen molar-refractivity contribution in [1.82, 2.24) is 30.0 Å². The molecule has 1 unspecified atom stereocenters. The molecule has 33 heavy (non-hydrogen) atoms. The van der Waals surface area contributed by atoms with Gasteiger partial charge >= 0.3 is 0 Å². The average molecular weight is 471 g/mol. The number of aromatic amines is 1. The second kappa shape index (κ2) is 10.0. The summed E-state index contributed by atoms with van der Waals surface area (Å²) in [6, 6.07) is 4.61. The zero-order valence-electron chi connectivity index (χ0n) is 20.1. The number of thiophene rings is 1. The van der Waals surface area contributed by atoms with Crippen LogP contribution in [0.4, 0.5) is 17.6 Å². The largest absolute Gasteiger partial charge is 0.351 e. The number of rotatable bonds is 8. The molecule has 0 radical (unpaired) electrons. The van der Waals surface area contributed by atoms with Gasteiger partial charge in [-0.2, -0.15) is 10.1 Å². The normalized spacial score (nSPS) is 21.0. The minimum Gasteiger partial charge on any atom is -0.351 e. The Morgan fingerprint density at radius 3 is 2.58 bits per heavy atom. The van der Waals surface area contributed by atoms with Crippen molar-refractivity contribution in [2.75, 3.05) is 31.3 Å². The van der Waals surface area contributed by atoms with E-state index in [-0.39, 0.29) is 24.0 Å². The van der Waals surface area contributed by atoms with Crippen LogP contribution in [-0.4, -0.2) is 74.6 Å². The molecule has 1 aliphatic heterocycles. The second-order valence-corrected chi connectivity index (χ2v) is 9.97. The van der Waals surface area contributed by atoms with Gasteiger partial charge in [-0.25, -0.2) is 4.98 Å². The average Bonchev–Trinajstić information content (AvgIpc) is 3.41. The fraction of sp³-hybridized carbons (Fsp3) is 0.565. The lowest BCUT2D eigenvalue weighted by atomic mass is 9.88. The smallest absolute Gasteiger partial charge is 0.237 e. The van der Waals surface area contributed by atoms with Crippen LogP contribution in [0, 0.1) is 6.92 Å². The zero-order valence-corrected chi connectivity index (χ0v) is 20.9.